The minimum atomic E-state index is 0.572. The molecule has 7 aromatic carbocycles. The van der Waals surface area contributed by atoms with E-state index in [-0.39, 0.29) is 0 Å². The van der Waals surface area contributed by atoms with Gasteiger partial charge in [0.1, 0.15) is 0 Å². The number of benzene rings is 7. The standard InChI is InChI=1S/C45H25N5/c46-26-29-13-20-34(39(23-29)37-9-3-6-12-43(37)50-41-10-4-1-7-35(41)36-8-2-5-11-42(36)50)32-16-18-33(19-17-32)49-44-22-15-30(27-47)24-40(44)38-21-14-31(28-48)25-45(38)49/h1-25H. The van der Waals surface area contributed by atoms with Gasteiger partial charge in [-0.15, -0.1) is 0 Å². The van der Waals surface area contributed by atoms with Gasteiger partial charge < -0.3 is 9.13 Å². The van der Waals surface area contributed by atoms with Crippen LogP contribution >= 0.6 is 0 Å². The summed E-state index contributed by atoms with van der Waals surface area (Å²) < 4.78 is 4.47. The van der Waals surface area contributed by atoms with Gasteiger partial charge in [0.2, 0.25) is 0 Å². The first-order valence-corrected chi connectivity index (χ1v) is 16.3. The van der Waals surface area contributed by atoms with E-state index in [0.29, 0.717) is 16.7 Å². The Hall–Kier alpha value is -7.39. The van der Waals surface area contributed by atoms with Crippen LogP contribution < -0.4 is 0 Å². The molecule has 0 spiro atoms. The summed E-state index contributed by atoms with van der Waals surface area (Å²) in [4.78, 5) is 0. The highest BCUT2D eigenvalue weighted by Gasteiger charge is 2.19. The molecule has 0 saturated heterocycles. The average Bonchev–Trinajstić information content (AvgIpc) is 3.69. The van der Waals surface area contributed by atoms with Gasteiger partial charge >= 0.3 is 0 Å². The Balaban J connectivity index is 1.23. The first-order valence-electron chi connectivity index (χ1n) is 16.3. The summed E-state index contributed by atoms with van der Waals surface area (Å²) in [6.45, 7) is 0. The number of para-hydroxylation sites is 3. The van der Waals surface area contributed by atoms with Crippen molar-refractivity contribution in [3.63, 3.8) is 0 Å². The molecule has 0 atom stereocenters. The molecule has 2 heterocycles. The van der Waals surface area contributed by atoms with E-state index >= 15 is 0 Å². The summed E-state index contributed by atoms with van der Waals surface area (Å²) in [6.07, 6.45) is 0. The lowest BCUT2D eigenvalue weighted by atomic mass is 9.91. The zero-order valence-electron chi connectivity index (χ0n) is 26.7. The zero-order chi connectivity index (χ0) is 33.8. The highest BCUT2D eigenvalue weighted by atomic mass is 15.0. The maximum Gasteiger partial charge on any atom is 0.0992 e. The van der Waals surface area contributed by atoms with E-state index < -0.39 is 0 Å². The van der Waals surface area contributed by atoms with E-state index in [1.165, 1.54) is 10.8 Å². The molecule has 0 saturated carbocycles. The molecule has 0 fully saturated rings. The zero-order valence-corrected chi connectivity index (χ0v) is 26.7. The van der Waals surface area contributed by atoms with Crippen molar-refractivity contribution in [3.05, 3.63) is 168 Å². The molecule has 0 amide bonds. The Morgan fingerprint density at radius 1 is 0.360 bits per heavy atom. The second-order valence-electron chi connectivity index (χ2n) is 12.3. The van der Waals surface area contributed by atoms with Gasteiger partial charge in [0, 0.05) is 32.8 Å². The Labute approximate surface area is 287 Å². The summed E-state index contributed by atoms with van der Waals surface area (Å²) in [5, 5.41) is 33.6. The largest absolute Gasteiger partial charge is 0.309 e. The second-order valence-corrected chi connectivity index (χ2v) is 12.3. The van der Waals surface area contributed by atoms with Crippen molar-refractivity contribution < 1.29 is 0 Å². The van der Waals surface area contributed by atoms with Crippen LogP contribution in [0.3, 0.4) is 0 Å². The molecule has 0 aliphatic heterocycles. The van der Waals surface area contributed by atoms with Crippen molar-refractivity contribution in [2.45, 2.75) is 0 Å². The van der Waals surface area contributed by atoms with E-state index in [0.717, 1.165) is 66.5 Å². The van der Waals surface area contributed by atoms with Crippen molar-refractivity contribution in [3.8, 4) is 51.8 Å². The number of fused-ring (bicyclic) bond motifs is 6. The van der Waals surface area contributed by atoms with Gasteiger partial charge in [-0.05, 0) is 89.5 Å². The molecule has 0 radical (unpaired) electrons. The summed E-state index contributed by atoms with van der Waals surface area (Å²) in [5.41, 5.74) is 11.8. The molecular formula is C45H25N5. The highest BCUT2D eigenvalue weighted by molar-refractivity contribution is 6.11. The van der Waals surface area contributed by atoms with Gasteiger partial charge in [0.05, 0.1) is 62.7 Å². The van der Waals surface area contributed by atoms with Crippen LogP contribution in [0.5, 0.6) is 0 Å². The summed E-state index contributed by atoms with van der Waals surface area (Å²) in [6, 6.07) is 57.9. The monoisotopic (exact) mass is 635 g/mol. The molecule has 230 valence electrons. The van der Waals surface area contributed by atoms with Gasteiger partial charge in [-0.3, -0.25) is 0 Å². The van der Waals surface area contributed by atoms with Crippen LogP contribution in [0.2, 0.25) is 0 Å². The fourth-order valence-corrected chi connectivity index (χ4v) is 7.40. The minimum absolute atomic E-state index is 0.572. The number of rotatable bonds is 4. The average molecular weight is 636 g/mol. The molecule has 50 heavy (non-hydrogen) atoms. The van der Waals surface area contributed by atoms with Crippen molar-refractivity contribution in [2.75, 3.05) is 0 Å². The SMILES string of the molecule is N#Cc1ccc(-c2ccc(-n3c4ccc(C#N)cc4c4ccc(C#N)cc43)cc2)c(-c2ccccc2-n2c3ccccc3c3ccccc32)c1. The lowest BCUT2D eigenvalue weighted by molar-refractivity contribution is 1.18. The lowest BCUT2D eigenvalue weighted by Crippen LogP contribution is -1.98. The van der Waals surface area contributed by atoms with Crippen LogP contribution in [0.25, 0.3) is 77.2 Å². The molecular weight excluding hydrogens is 611 g/mol. The first kappa shape index (κ1) is 28.8. The van der Waals surface area contributed by atoms with Gasteiger partial charge in [-0.1, -0.05) is 78.9 Å². The molecule has 0 aliphatic rings. The third-order valence-corrected chi connectivity index (χ3v) is 9.62. The molecule has 0 unspecified atom stereocenters. The number of nitriles is 3. The van der Waals surface area contributed by atoms with Crippen molar-refractivity contribution in [1.29, 1.82) is 15.8 Å². The maximum atomic E-state index is 10.00. The summed E-state index contributed by atoms with van der Waals surface area (Å²) in [7, 11) is 0. The van der Waals surface area contributed by atoms with E-state index in [9.17, 15) is 15.8 Å². The number of hydrogen-bond donors (Lipinski definition) is 0. The van der Waals surface area contributed by atoms with E-state index in [1.807, 2.05) is 60.7 Å². The molecule has 2 aromatic heterocycles. The second kappa shape index (κ2) is 11.4. The predicted octanol–water partition coefficient (Wildman–Crippen LogP) is 10.8. The lowest BCUT2D eigenvalue weighted by Gasteiger charge is -2.17. The van der Waals surface area contributed by atoms with Crippen LogP contribution in [0.1, 0.15) is 16.7 Å². The Morgan fingerprint density at radius 3 is 1.64 bits per heavy atom. The molecule has 5 nitrogen and oxygen atoms in total. The fourth-order valence-electron chi connectivity index (χ4n) is 7.40. The van der Waals surface area contributed by atoms with Crippen LogP contribution in [-0.2, 0) is 0 Å². The van der Waals surface area contributed by atoms with Gasteiger partial charge in [0.25, 0.3) is 0 Å². The van der Waals surface area contributed by atoms with Crippen molar-refractivity contribution >= 4 is 43.6 Å². The minimum Gasteiger partial charge on any atom is -0.309 e. The molecule has 0 aliphatic carbocycles. The van der Waals surface area contributed by atoms with Gasteiger partial charge in [-0.25, -0.2) is 0 Å². The summed E-state index contributed by atoms with van der Waals surface area (Å²) >= 11 is 0. The number of nitrogens with zero attached hydrogens (tertiary/aromatic N) is 5. The quantitative estimate of drug-likeness (QED) is 0.193. The van der Waals surface area contributed by atoms with E-state index in [2.05, 4.69) is 118 Å². The van der Waals surface area contributed by atoms with Crippen molar-refractivity contribution in [1.82, 2.24) is 9.13 Å². The van der Waals surface area contributed by atoms with Crippen LogP contribution in [0.15, 0.2) is 152 Å². The normalized spacial score (nSPS) is 11.1. The first-order chi connectivity index (χ1) is 24.7. The predicted molar refractivity (Wildman–Crippen MR) is 200 cm³/mol. The topological polar surface area (TPSA) is 81.2 Å². The van der Waals surface area contributed by atoms with Crippen LogP contribution in [0.4, 0.5) is 0 Å². The Morgan fingerprint density at radius 2 is 0.920 bits per heavy atom. The third-order valence-electron chi connectivity index (χ3n) is 9.62. The molecule has 0 bridgehead atoms. The maximum absolute atomic E-state index is 10.00. The van der Waals surface area contributed by atoms with Crippen LogP contribution in [-0.4, -0.2) is 9.13 Å². The van der Waals surface area contributed by atoms with Gasteiger partial charge in [0.15, 0.2) is 0 Å². The Bertz CT molecular complexity index is 2900. The Kier molecular flexibility index (Phi) is 6.56. The molecule has 5 heteroatoms. The summed E-state index contributed by atoms with van der Waals surface area (Å²) in [5.74, 6) is 0. The van der Waals surface area contributed by atoms with E-state index in [1.54, 1.807) is 0 Å². The van der Waals surface area contributed by atoms with Gasteiger partial charge in [-0.2, -0.15) is 15.8 Å². The third kappa shape index (κ3) is 4.38. The smallest absolute Gasteiger partial charge is 0.0992 e. The molecule has 9 aromatic rings. The number of hydrogen-bond acceptors (Lipinski definition) is 3. The number of aromatic nitrogens is 2. The van der Waals surface area contributed by atoms with E-state index in [4.69, 9.17) is 0 Å². The van der Waals surface area contributed by atoms with Crippen molar-refractivity contribution in [2.24, 2.45) is 0 Å². The van der Waals surface area contributed by atoms with Crippen LogP contribution in [0, 0.1) is 34.0 Å². The molecule has 9 rings (SSSR count). The fraction of sp³-hybridized carbons (Fsp3) is 0. The highest BCUT2D eigenvalue weighted by Crippen LogP contribution is 2.41. The molecule has 0 N–H and O–H groups in total.